The predicted molar refractivity (Wildman–Crippen MR) is 74.1 cm³/mol. The molecule has 1 aliphatic rings. The van der Waals surface area contributed by atoms with Crippen LogP contribution >= 0.6 is 0 Å². The molecule has 0 atom stereocenters. The van der Waals surface area contributed by atoms with Crippen molar-refractivity contribution in [2.24, 2.45) is 0 Å². The predicted octanol–water partition coefficient (Wildman–Crippen LogP) is 0.492. The molecule has 22 heavy (non-hydrogen) atoms. The molecule has 0 aromatic heterocycles. The monoisotopic (exact) mass is 309 g/mol. The van der Waals surface area contributed by atoms with Crippen LogP contribution in [-0.2, 0) is 23.8 Å². The van der Waals surface area contributed by atoms with Crippen LogP contribution in [0.1, 0.15) is 0 Å². The molecule has 0 saturated carbocycles. The number of aromatic hydroxyl groups is 2. The van der Waals surface area contributed by atoms with Gasteiger partial charge >= 0.3 is 11.9 Å². The number of hydrogen-bond donors (Lipinski definition) is 2. The van der Waals surface area contributed by atoms with Gasteiger partial charge < -0.3 is 29.3 Å². The summed E-state index contributed by atoms with van der Waals surface area (Å²) in [6.07, 6.45) is 0. The Morgan fingerprint density at radius 1 is 1.14 bits per heavy atom. The second-order valence-corrected chi connectivity index (χ2v) is 4.39. The van der Waals surface area contributed by atoms with Crippen molar-refractivity contribution in [3.8, 4) is 11.5 Å². The molecular weight excluding hydrogens is 294 g/mol. The number of carbonyl (C=O) groups excluding carboxylic acids is 2. The van der Waals surface area contributed by atoms with E-state index in [-0.39, 0.29) is 36.1 Å². The van der Waals surface area contributed by atoms with Gasteiger partial charge in [0.15, 0.2) is 11.5 Å². The van der Waals surface area contributed by atoms with Crippen molar-refractivity contribution in [1.29, 1.82) is 0 Å². The van der Waals surface area contributed by atoms with E-state index in [0.717, 1.165) is 0 Å². The summed E-state index contributed by atoms with van der Waals surface area (Å²) in [5.74, 6) is -2.13. The number of hydrogen-bond acceptors (Lipinski definition) is 8. The van der Waals surface area contributed by atoms with Crippen LogP contribution in [0.3, 0.4) is 0 Å². The molecule has 1 aromatic carbocycles. The quantitative estimate of drug-likeness (QED) is 0.614. The highest BCUT2D eigenvalue weighted by atomic mass is 16.5. The van der Waals surface area contributed by atoms with Crippen LogP contribution in [0, 0.1) is 0 Å². The summed E-state index contributed by atoms with van der Waals surface area (Å²) in [6, 6.07) is 3.95. The first-order chi connectivity index (χ1) is 10.5. The molecular formula is C14H15NO7. The van der Waals surface area contributed by atoms with Gasteiger partial charge in [-0.15, -0.1) is 0 Å². The Labute approximate surface area is 126 Å². The number of phenols is 2. The molecule has 0 amide bonds. The fourth-order valence-electron chi connectivity index (χ4n) is 2.03. The molecule has 1 heterocycles. The Hall–Kier alpha value is -2.74. The topological polar surface area (TPSA) is 106 Å². The van der Waals surface area contributed by atoms with Crippen molar-refractivity contribution >= 4 is 17.6 Å². The van der Waals surface area contributed by atoms with Crippen molar-refractivity contribution in [2.75, 3.05) is 32.5 Å². The lowest BCUT2D eigenvalue weighted by atomic mass is 10.1. The maximum absolute atomic E-state index is 12.0. The van der Waals surface area contributed by atoms with Crippen LogP contribution < -0.4 is 4.90 Å². The number of carbonyl (C=O) groups is 2. The minimum absolute atomic E-state index is 0.00756. The van der Waals surface area contributed by atoms with E-state index < -0.39 is 11.9 Å². The lowest BCUT2D eigenvalue weighted by molar-refractivity contribution is -0.140. The van der Waals surface area contributed by atoms with E-state index >= 15 is 0 Å². The van der Waals surface area contributed by atoms with Gasteiger partial charge in [-0.2, -0.15) is 0 Å². The van der Waals surface area contributed by atoms with Crippen molar-refractivity contribution in [3.63, 3.8) is 0 Å². The van der Waals surface area contributed by atoms with Gasteiger partial charge in [0, 0.05) is 11.8 Å². The van der Waals surface area contributed by atoms with Gasteiger partial charge in [-0.3, -0.25) is 0 Å². The first-order valence-corrected chi connectivity index (χ1v) is 6.26. The van der Waals surface area contributed by atoms with E-state index in [1.165, 1.54) is 37.3 Å². The van der Waals surface area contributed by atoms with E-state index in [1.54, 1.807) is 0 Å². The molecule has 0 saturated heterocycles. The maximum atomic E-state index is 12.0. The molecule has 8 heteroatoms. The smallest absolute Gasteiger partial charge is 0.355 e. The van der Waals surface area contributed by atoms with E-state index in [9.17, 15) is 19.8 Å². The molecule has 118 valence electrons. The fourth-order valence-corrected chi connectivity index (χ4v) is 2.03. The van der Waals surface area contributed by atoms with Gasteiger partial charge in [-0.25, -0.2) is 9.59 Å². The SMILES string of the molecule is COC(=O)C1=C(C(=O)OC)N(c2ccc(O)c(O)c2)COC1. The third kappa shape index (κ3) is 2.82. The molecule has 0 bridgehead atoms. The Kier molecular flexibility index (Phi) is 4.52. The number of nitrogens with zero attached hydrogens (tertiary/aromatic N) is 1. The maximum Gasteiger partial charge on any atom is 0.355 e. The number of methoxy groups -OCH3 is 2. The Morgan fingerprint density at radius 2 is 1.82 bits per heavy atom. The number of anilines is 1. The first kappa shape index (κ1) is 15.6. The third-order valence-corrected chi connectivity index (χ3v) is 3.10. The summed E-state index contributed by atoms with van der Waals surface area (Å²) in [6.45, 7) is -0.132. The molecule has 0 unspecified atom stereocenters. The summed E-state index contributed by atoms with van der Waals surface area (Å²) >= 11 is 0. The van der Waals surface area contributed by atoms with Gasteiger partial charge in [0.1, 0.15) is 12.4 Å². The fraction of sp³-hybridized carbons (Fsp3) is 0.286. The van der Waals surface area contributed by atoms with Gasteiger partial charge in [-0.05, 0) is 12.1 Å². The van der Waals surface area contributed by atoms with Gasteiger partial charge in [0.05, 0.1) is 26.4 Å². The minimum atomic E-state index is -0.740. The summed E-state index contributed by atoms with van der Waals surface area (Å²) in [5.41, 5.74) is 0.315. The number of phenolic OH excluding ortho intramolecular Hbond substituents is 2. The summed E-state index contributed by atoms with van der Waals surface area (Å²) < 4.78 is 14.6. The third-order valence-electron chi connectivity index (χ3n) is 3.10. The Bertz CT molecular complexity index is 638. The molecule has 1 aromatic rings. The van der Waals surface area contributed by atoms with Crippen LogP contribution in [0.2, 0.25) is 0 Å². The lowest BCUT2D eigenvalue weighted by Crippen LogP contribution is -2.38. The van der Waals surface area contributed by atoms with Gasteiger partial charge in [0.25, 0.3) is 0 Å². The highest BCUT2D eigenvalue weighted by Crippen LogP contribution is 2.33. The van der Waals surface area contributed by atoms with Gasteiger partial charge in [0.2, 0.25) is 0 Å². The molecule has 2 rings (SSSR count). The van der Waals surface area contributed by atoms with Crippen molar-refractivity contribution in [2.45, 2.75) is 0 Å². The van der Waals surface area contributed by atoms with E-state index in [2.05, 4.69) is 4.74 Å². The molecule has 8 nitrogen and oxygen atoms in total. The number of benzene rings is 1. The molecule has 0 fully saturated rings. The summed E-state index contributed by atoms with van der Waals surface area (Å²) in [4.78, 5) is 25.2. The highest BCUT2D eigenvalue weighted by molar-refractivity contribution is 6.03. The Morgan fingerprint density at radius 3 is 2.41 bits per heavy atom. The second-order valence-electron chi connectivity index (χ2n) is 4.39. The van der Waals surface area contributed by atoms with Crippen molar-refractivity contribution in [3.05, 3.63) is 29.5 Å². The lowest BCUT2D eigenvalue weighted by Gasteiger charge is -2.31. The molecule has 0 radical (unpaired) electrons. The number of esters is 2. The molecule has 0 spiro atoms. The zero-order chi connectivity index (χ0) is 16.3. The molecule has 1 aliphatic heterocycles. The van der Waals surface area contributed by atoms with Crippen LogP contribution in [0.25, 0.3) is 0 Å². The van der Waals surface area contributed by atoms with Crippen LogP contribution in [0.15, 0.2) is 29.5 Å². The normalized spacial score (nSPS) is 14.7. The second kappa shape index (κ2) is 6.35. The highest BCUT2D eigenvalue weighted by Gasteiger charge is 2.32. The van der Waals surface area contributed by atoms with Crippen LogP contribution in [0.4, 0.5) is 5.69 Å². The average Bonchev–Trinajstić information content (AvgIpc) is 2.55. The van der Waals surface area contributed by atoms with Gasteiger partial charge in [-0.1, -0.05) is 0 Å². The standard InChI is InChI=1S/C14H15NO7/c1-20-13(18)9-6-22-7-15(12(9)14(19)21-2)8-3-4-10(16)11(17)5-8/h3-5,16-17H,6-7H2,1-2H3. The molecule has 2 N–H and O–H groups in total. The summed E-state index contributed by atoms with van der Waals surface area (Å²) in [5, 5.41) is 19.0. The largest absolute Gasteiger partial charge is 0.504 e. The first-order valence-electron chi connectivity index (χ1n) is 6.26. The average molecular weight is 309 g/mol. The minimum Gasteiger partial charge on any atom is -0.504 e. The Balaban J connectivity index is 2.54. The van der Waals surface area contributed by atoms with E-state index in [0.29, 0.717) is 5.69 Å². The van der Waals surface area contributed by atoms with Crippen molar-refractivity contribution in [1.82, 2.24) is 0 Å². The zero-order valence-corrected chi connectivity index (χ0v) is 12.0. The van der Waals surface area contributed by atoms with Crippen LogP contribution in [-0.4, -0.2) is 49.7 Å². The number of ether oxygens (including phenoxy) is 3. The molecule has 0 aliphatic carbocycles. The number of rotatable bonds is 3. The van der Waals surface area contributed by atoms with E-state index in [4.69, 9.17) is 9.47 Å². The van der Waals surface area contributed by atoms with Crippen molar-refractivity contribution < 1.29 is 34.0 Å². The summed E-state index contributed by atoms with van der Waals surface area (Å²) in [7, 11) is 2.38. The van der Waals surface area contributed by atoms with Crippen LogP contribution in [0.5, 0.6) is 11.5 Å². The zero-order valence-electron chi connectivity index (χ0n) is 12.0. The van der Waals surface area contributed by atoms with E-state index in [1.807, 2.05) is 0 Å².